The van der Waals surface area contributed by atoms with Crippen molar-refractivity contribution >= 4 is 38.9 Å². The third kappa shape index (κ3) is 5.17. The fraction of sp³-hybridized carbons (Fsp3) is 0.500. The molecule has 0 radical (unpaired) electrons. The van der Waals surface area contributed by atoms with E-state index >= 15 is 0 Å². The van der Waals surface area contributed by atoms with Crippen LogP contribution >= 0.6 is 11.3 Å². The van der Waals surface area contributed by atoms with Crippen LogP contribution in [-0.4, -0.2) is 62.4 Å². The minimum Gasteiger partial charge on any atom is -0.454 e. The first-order valence-corrected chi connectivity index (χ1v) is 14.3. The van der Waals surface area contributed by atoms with Gasteiger partial charge in [0.1, 0.15) is 4.21 Å². The van der Waals surface area contributed by atoms with E-state index < -0.39 is 10.0 Å². The van der Waals surface area contributed by atoms with E-state index in [-0.39, 0.29) is 41.8 Å². The van der Waals surface area contributed by atoms with Gasteiger partial charge in [-0.2, -0.15) is 4.31 Å². The zero-order valence-electron chi connectivity index (χ0n) is 19.4. The molecule has 0 aliphatic carbocycles. The molecule has 0 bridgehead atoms. The number of amides is 2. The minimum absolute atomic E-state index is 0.0940. The summed E-state index contributed by atoms with van der Waals surface area (Å²) in [7, 11) is -3.71. The van der Waals surface area contributed by atoms with Crippen LogP contribution in [-0.2, 0) is 14.8 Å². The molecule has 0 unspecified atom stereocenters. The van der Waals surface area contributed by atoms with Crippen molar-refractivity contribution in [3.05, 3.63) is 35.2 Å². The number of rotatable bonds is 5. The van der Waals surface area contributed by atoms with Gasteiger partial charge in [-0.15, -0.1) is 11.3 Å². The molecule has 11 heteroatoms. The molecule has 1 aromatic carbocycles. The fourth-order valence-corrected chi connectivity index (χ4v) is 7.50. The molecule has 9 nitrogen and oxygen atoms in total. The number of nitrogens with one attached hydrogen (secondary N) is 1. The van der Waals surface area contributed by atoms with Crippen LogP contribution in [0.5, 0.6) is 11.5 Å². The van der Waals surface area contributed by atoms with Crippen LogP contribution in [0.25, 0.3) is 0 Å². The van der Waals surface area contributed by atoms with Crippen molar-refractivity contribution in [1.82, 2.24) is 9.21 Å². The Bertz CT molecular complexity index is 1200. The SMILES string of the molecule is O=C(Nc1ccc2c(c1)OCO2)C1CCN(S(=O)(=O)c2cc(C(=O)N3CCCCCC3)cs2)CC1. The Morgan fingerprint density at radius 3 is 2.40 bits per heavy atom. The molecule has 3 aliphatic rings. The molecule has 3 aliphatic heterocycles. The maximum atomic E-state index is 13.2. The predicted molar refractivity (Wildman–Crippen MR) is 131 cm³/mol. The number of ether oxygens (including phenoxy) is 2. The van der Waals surface area contributed by atoms with E-state index in [4.69, 9.17) is 9.47 Å². The molecule has 35 heavy (non-hydrogen) atoms. The lowest BCUT2D eigenvalue weighted by Crippen LogP contribution is -2.41. The van der Waals surface area contributed by atoms with Crippen molar-refractivity contribution in [2.75, 3.05) is 38.3 Å². The van der Waals surface area contributed by atoms with E-state index in [1.165, 1.54) is 10.4 Å². The van der Waals surface area contributed by atoms with Crippen molar-refractivity contribution in [3.63, 3.8) is 0 Å². The molecule has 2 amide bonds. The van der Waals surface area contributed by atoms with Crippen molar-refractivity contribution in [3.8, 4) is 11.5 Å². The molecule has 5 rings (SSSR count). The Hall–Kier alpha value is -2.63. The summed E-state index contributed by atoms with van der Waals surface area (Å²) in [4.78, 5) is 27.4. The average molecular weight is 520 g/mol. The Morgan fingerprint density at radius 1 is 0.943 bits per heavy atom. The van der Waals surface area contributed by atoms with E-state index in [2.05, 4.69) is 5.32 Å². The quantitative estimate of drug-likeness (QED) is 0.648. The summed E-state index contributed by atoms with van der Waals surface area (Å²) in [6.45, 7) is 2.12. The average Bonchev–Trinajstić information content (AvgIpc) is 3.47. The summed E-state index contributed by atoms with van der Waals surface area (Å²) in [5.41, 5.74) is 1.06. The van der Waals surface area contributed by atoms with Gasteiger partial charge in [0.15, 0.2) is 11.5 Å². The Morgan fingerprint density at radius 2 is 1.66 bits per heavy atom. The number of hydrogen-bond acceptors (Lipinski definition) is 7. The third-order valence-corrected chi connectivity index (χ3v) is 10.1. The van der Waals surface area contributed by atoms with E-state index in [1.54, 1.807) is 23.6 Å². The standard InChI is InChI=1S/C24H29N3O6S2/c28-23(25-19-5-6-20-21(14-19)33-16-32-20)17-7-11-27(12-8-17)35(30,31)22-13-18(15-34-22)24(29)26-9-3-1-2-4-10-26/h5-6,13-15,17H,1-4,7-12,16H2,(H,25,28). The maximum Gasteiger partial charge on any atom is 0.254 e. The molecule has 2 saturated heterocycles. The normalized spacial score (nSPS) is 19.4. The second-order valence-electron chi connectivity index (χ2n) is 9.10. The van der Waals surface area contributed by atoms with Gasteiger partial charge in [0, 0.05) is 49.2 Å². The number of anilines is 1. The van der Waals surface area contributed by atoms with Crippen molar-refractivity contribution < 1.29 is 27.5 Å². The molecule has 0 spiro atoms. The number of fused-ring (bicyclic) bond motifs is 1. The molecule has 188 valence electrons. The molecule has 4 heterocycles. The van der Waals surface area contributed by atoms with Gasteiger partial charge >= 0.3 is 0 Å². The zero-order chi connectivity index (χ0) is 24.4. The summed E-state index contributed by atoms with van der Waals surface area (Å²) in [6, 6.07) is 6.74. The van der Waals surface area contributed by atoms with Gasteiger partial charge in [-0.1, -0.05) is 12.8 Å². The summed E-state index contributed by atoms with van der Waals surface area (Å²) in [5.74, 6) is 0.723. The lowest BCUT2D eigenvalue weighted by molar-refractivity contribution is -0.120. The van der Waals surface area contributed by atoms with Crippen LogP contribution in [0.4, 0.5) is 5.69 Å². The lowest BCUT2D eigenvalue weighted by atomic mass is 9.97. The van der Waals surface area contributed by atoms with E-state index in [9.17, 15) is 18.0 Å². The molecule has 2 fully saturated rings. The van der Waals surface area contributed by atoms with E-state index in [1.807, 2.05) is 4.90 Å². The van der Waals surface area contributed by atoms with Crippen LogP contribution in [0.15, 0.2) is 33.9 Å². The van der Waals surface area contributed by atoms with E-state index in [0.717, 1.165) is 50.1 Å². The van der Waals surface area contributed by atoms with Gasteiger partial charge in [-0.3, -0.25) is 9.59 Å². The maximum absolute atomic E-state index is 13.2. The second-order valence-corrected chi connectivity index (χ2v) is 12.2. The highest BCUT2D eigenvalue weighted by Crippen LogP contribution is 2.35. The molecule has 1 N–H and O–H groups in total. The van der Waals surface area contributed by atoms with E-state index in [0.29, 0.717) is 35.6 Å². The zero-order valence-corrected chi connectivity index (χ0v) is 21.0. The van der Waals surface area contributed by atoms with Crippen LogP contribution in [0.3, 0.4) is 0 Å². The highest BCUT2D eigenvalue weighted by atomic mass is 32.2. The van der Waals surface area contributed by atoms with Gasteiger partial charge in [-0.05, 0) is 43.9 Å². The second kappa shape index (κ2) is 10.2. The number of carbonyl (C=O) groups excluding carboxylic acids is 2. The lowest BCUT2D eigenvalue weighted by Gasteiger charge is -2.30. The predicted octanol–water partition coefficient (Wildman–Crippen LogP) is 3.53. The first-order valence-electron chi connectivity index (χ1n) is 12.0. The molecule has 0 atom stereocenters. The highest BCUT2D eigenvalue weighted by molar-refractivity contribution is 7.91. The third-order valence-electron chi connectivity index (χ3n) is 6.77. The minimum atomic E-state index is -3.71. The smallest absolute Gasteiger partial charge is 0.254 e. The number of hydrogen-bond donors (Lipinski definition) is 1. The summed E-state index contributed by atoms with van der Waals surface area (Å²) in [6.07, 6.45) is 5.08. The van der Waals surface area contributed by atoms with Crippen LogP contribution in [0.1, 0.15) is 48.9 Å². The summed E-state index contributed by atoms with van der Waals surface area (Å²) in [5, 5.41) is 4.54. The van der Waals surface area contributed by atoms with Crippen molar-refractivity contribution in [2.45, 2.75) is 42.7 Å². The number of sulfonamides is 1. The molecular formula is C24H29N3O6S2. The topological polar surface area (TPSA) is 105 Å². The fourth-order valence-electron chi connectivity index (χ4n) is 4.72. The number of carbonyl (C=O) groups is 2. The molecule has 2 aromatic rings. The van der Waals surface area contributed by atoms with Gasteiger partial charge < -0.3 is 19.7 Å². The van der Waals surface area contributed by atoms with Crippen LogP contribution in [0, 0.1) is 5.92 Å². The number of piperidine rings is 1. The van der Waals surface area contributed by atoms with Crippen molar-refractivity contribution in [1.29, 1.82) is 0 Å². The van der Waals surface area contributed by atoms with Gasteiger partial charge in [0.25, 0.3) is 15.9 Å². The number of nitrogens with zero attached hydrogens (tertiary/aromatic N) is 2. The van der Waals surface area contributed by atoms with Crippen molar-refractivity contribution in [2.24, 2.45) is 5.92 Å². The number of benzene rings is 1. The Kier molecular flexibility index (Phi) is 6.99. The summed E-state index contributed by atoms with van der Waals surface area (Å²) < 4.78 is 38.7. The molecular weight excluding hydrogens is 490 g/mol. The van der Waals surface area contributed by atoms with Gasteiger partial charge in [-0.25, -0.2) is 8.42 Å². The number of thiophene rings is 1. The molecule has 1 aromatic heterocycles. The largest absolute Gasteiger partial charge is 0.454 e. The Labute approximate surface area is 209 Å². The van der Waals surface area contributed by atoms with Gasteiger partial charge in [0.2, 0.25) is 12.7 Å². The summed E-state index contributed by atoms with van der Waals surface area (Å²) >= 11 is 1.09. The monoisotopic (exact) mass is 519 g/mol. The van der Waals surface area contributed by atoms with Gasteiger partial charge in [0.05, 0.1) is 5.56 Å². The first-order chi connectivity index (χ1) is 16.9. The Balaban J connectivity index is 1.18. The first kappa shape index (κ1) is 24.1. The van der Waals surface area contributed by atoms with Crippen LogP contribution in [0.2, 0.25) is 0 Å². The van der Waals surface area contributed by atoms with Crippen LogP contribution < -0.4 is 14.8 Å². The number of likely N-dealkylation sites (tertiary alicyclic amines) is 1. The molecule has 0 saturated carbocycles. The highest BCUT2D eigenvalue weighted by Gasteiger charge is 2.34.